The van der Waals surface area contributed by atoms with Crippen LogP contribution in [0.15, 0.2) is 42.5 Å². The molecule has 86 valence electrons. The van der Waals surface area contributed by atoms with E-state index in [-0.39, 0.29) is 5.56 Å². The summed E-state index contributed by atoms with van der Waals surface area (Å²) in [7, 11) is 0. The van der Waals surface area contributed by atoms with Crippen molar-refractivity contribution in [1.82, 2.24) is 0 Å². The van der Waals surface area contributed by atoms with Crippen molar-refractivity contribution < 1.29 is 9.90 Å². The first kappa shape index (κ1) is 12.0. The number of benzene rings is 2. The highest BCUT2D eigenvalue weighted by atomic mass is 35.5. The molecule has 0 radical (unpaired) electrons. The van der Waals surface area contributed by atoms with Crippen molar-refractivity contribution in [2.24, 2.45) is 0 Å². The zero-order valence-corrected chi connectivity index (χ0v) is 10.2. The summed E-state index contributed by atoms with van der Waals surface area (Å²) in [6.07, 6.45) is 0. The molecule has 0 aromatic heterocycles. The molecule has 0 amide bonds. The highest BCUT2D eigenvalue weighted by Crippen LogP contribution is 2.33. The summed E-state index contributed by atoms with van der Waals surface area (Å²) in [6, 6.07) is 11.7. The van der Waals surface area contributed by atoms with Crippen LogP contribution in [0.1, 0.15) is 10.4 Å². The number of hydrogen-bond acceptors (Lipinski definition) is 1. The van der Waals surface area contributed by atoms with Crippen molar-refractivity contribution in [3.8, 4) is 11.1 Å². The molecule has 0 aliphatic rings. The Hall–Kier alpha value is -1.51. The SMILES string of the molecule is O=C(O)c1ccc(Cl)c(-c2ccccc2Cl)c1. The average molecular weight is 267 g/mol. The number of aromatic carboxylic acids is 1. The molecule has 0 fully saturated rings. The van der Waals surface area contributed by atoms with Gasteiger partial charge in [-0.2, -0.15) is 0 Å². The maximum atomic E-state index is 10.9. The number of hydrogen-bond donors (Lipinski definition) is 1. The molecule has 0 atom stereocenters. The topological polar surface area (TPSA) is 37.3 Å². The van der Waals surface area contributed by atoms with Gasteiger partial charge >= 0.3 is 5.97 Å². The van der Waals surface area contributed by atoms with Gasteiger partial charge in [0.05, 0.1) is 5.56 Å². The van der Waals surface area contributed by atoms with Crippen LogP contribution in [0.3, 0.4) is 0 Å². The zero-order chi connectivity index (χ0) is 12.4. The van der Waals surface area contributed by atoms with Crippen molar-refractivity contribution >= 4 is 29.2 Å². The lowest BCUT2D eigenvalue weighted by molar-refractivity contribution is 0.0697. The molecule has 2 nitrogen and oxygen atoms in total. The minimum absolute atomic E-state index is 0.185. The Labute approximate surface area is 108 Å². The Morgan fingerprint density at radius 3 is 2.24 bits per heavy atom. The minimum Gasteiger partial charge on any atom is -0.478 e. The minimum atomic E-state index is -0.991. The van der Waals surface area contributed by atoms with Crippen LogP contribution in [0.5, 0.6) is 0 Å². The summed E-state index contributed by atoms with van der Waals surface area (Å²) in [5.74, 6) is -0.991. The van der Waals surface area contributed by atoms with E-state index in [0.717, 1.165) is 5.56 Å². The van der Waals surface area contributed by atoms with Crippen molar-refractivity contribution in [2.45, 2.75) is 0 Å². The predicted octanol–water partition coefficient (Wildman–Crippen LogP) is 4.36. The summed E-state index contributed by atoms with van der Waals surface area (Å²) >= 11 is 12.1. The normalized spacial score (nSPS) is 10.2. The van der Waals surface area contributed by atoms with E-state index in [1.807, 2.05) is 6.07 Å². The van der Waals surface area contributed by atoms with E-state index >= 15 is 0 Å². The molecule has 17 heavy (non-hydrogen) atoms. The van der Waals surface area contributed by atoms with Crippen molar-refractivity contribution in [2.75, 3.05) is 0 Å². The fourth-order valence-corrected chi connectivity index (χ4v) is 2.00. The third-order valence-electron chi connectivity index (χ3n) is 2.38. The molecule has 2 aromatic carbocycles. The third-order valence-corrected chi connectivity index (χ3v) is 3.04. The number of carbonyl (C=O) groups is 1. The average Bonchev–Trinajstić information content (AvgIpc) is 2.30. The van der Waals surface area contributed by atoms with E-state index in [4.69, 9.17) is 28.3 Å². The molecule has 2 aromatic rings. The molecule has 2 rings (SSSR count). The van der Waals surface area contributed by atoms with Crippen LogP contribution in [0.25, 0.3) is 11.1 Å². The smallest absolute Gasteiger partial charge is 0.335 e. The van der Waals surface area contributed by atoms with E-state index in [2.05, 4.69) is 0 Å². The van der Waals surface area contributed by atoms with Gasteiger partial charge in [-0.1, -0.05) is 41.4 Å². The maximum absolute atomic E-state index is 10.9. The Balaban J connectivity index is 2.63. The molecule has 4 heteroatoms. The Morgan fingerprint density at radius 1 is 0.941 bits per heavy atom. The first-order chi connectivity index (χ1) is 8.09. The molecule has 0 aliphatic heterocycles. The fourth-order valence-electron chi connectivity index (χ4n) is 1.54. The van der Waals surface area contributed by atoms with E-state index in [1.54, 1.807) is 24.3 Å². The van der Waals surface area contributed by atoms with Crippen LogP contribution in [0.2, 0.25) is 10.0 Å². The van der Waals surface area contributed by atoms with Crippen molar-refractivity contribution in [3.63, 3.8) is 0 Å². The summed E-state index contributed by atoms with van der Waals surface area (Å²) in [5.41, 5.74) is 1.53. The van der Waals surface area contributed by atoms with Gasteiger partial charge in [0.15, 0.2) is 0 Å². The van der Waals surface area contributed by atoms with Gasteiger partial charge in [-0.3, -0.25) is 0 Å². The van der Waals surface area contributed by atoms with Gasteiger partial charge < -0.3 is 5.11 Å². The monoisotopic (exact) mass is 266 g/mol. The molecular formula is C13H8Cl2O2. The van der Waals surface area contributed by atoms with E-state index in [1.165, 1.54) is 12.1 Å². The summed E-state index contributed by atoms with van der Waals surface area (Å²) in [5, 5.41) is 9.95. The van der Waals surface area contributed by atoms with Crippen LogP contribution in [0.4, 0.5) is 0 Å². The summed E-state index contributed by atoms with van der Waals surface area (Å²) < 4.78 is 0. The molecular weight excluding hydrogens is 259 g/mol. The second-order valence-electron chi connectivity index (χ2n) is 3.48. The molecule has 0 bridgehead atoms. The summed E-state index contributed by atoms with van der Waals surface area (Å²) in [4.78, 5) is 10.9. The standard InChI is InChI=1S/C13H8Cl2O2/c14-11-4-2-1-3-9(11)10-7-8(13(16)17)5-6-12(10)15/h1-7H,(H,16,17). The Bertz CT molecular complexity index is 579. The third kappa shape index (κ3) is 2.43. The molecule has 0 unspecified atom stereocenters. The van der Waals surface area contributed by atoms with Crippen LogP contribution in [-0.4, -0.2) is 11.1 Å². The van der Waals surface area contributed by atoms with Crippen LogP contribution in [0, 0.1) is 0 Å². The highest BCUT2D eigenvalue weighted by Gasteiger charge is 2.10. The second kappa shape index (κ2) is 4.78. The van der Waals surface area contributed by atoms with Crippen molar-refractivity contribution in [3.05, 3.63) is 58.1 Å². The van der Waals surface area contributed by atoms with Gasteiger partial charge in [-0.25, -0.2) is 4.79 Å². The van der Waals surface area contributed by atoms with Crippen LogP contribution < -0.4 is 0 Å². The molecule has 0 saturated carbocycles. The van der Waals surface area contributed by atoms with E-state index in [0.29, 0.717) is 15.6 Å². The predicted molar refractivity (Wildman–Crippen MR) is 68.9 cm³/mol. The van der Waals surface area contributed by atoms with Crippen LogP contribution >= 0.6 is 23.2 Å². The molecule has 0 saturated heterocycles. The van der Waals surface area contributed by atoms with Gasteiger partial charge in [0.2, 0.25) is 0 Å². The molecule has 1 N–H and O–H groups in total. The van der Waals surface area contributed by atoms with Gasteiger partial charge in [0, 0.05) is 21.2 Å². The van der Waals surface area contributed by atoms with E-state index < -0.39 is 5.97 Å². The molecule has 0 spiro atoms. The number of carboxylic acid groups (broad SMARTS) is 1. The lowest BCUT2D eigenvalue weighted by atomic mass is 10.0. The summed E-state index contributed by atoms with van der Waals surface area (Å²) in [6.45, 7) is 0. The van der Waals surface area contributed by atoms with E-state index in [9.17, 15) is 4.79 Å². The van der Waals surface area contributed by atoms with Gasteiger partial charge in [0.1, 0.15) is 0 Å². The fraction of sp³-hybridized carbons (Fsp3) is 0. The largest absolute Gasteiger partial charge is 0.478 e. The number of halogens is 2. The lowest BCUT2D eigenvalue weighted by Gasteiger charge is -2.07. The van der Waals surface area contributed by atoms with Gasteiger partial charge in [-0.15, -0.1) is 0 Å². The van der Waals surface area contributed by atoms with Gasteiger partial charge in [-0.05, 0) is 24.3 Å². The van der Waals surface area contributed by atoms with Gasteiger partial charge in [0.25, 0.3) is 0 Å². The number of carboxylic acids is 1. The lowest BCUT2D eigenvalue weighted by Crippen LogP contribution is -1.96. The molecule has 0 aliphatic carbocycles. The first-order valence-corrected chi connectivity index (χ1v) is 5.63. The highest BCUT2D eigenvalue weighted by molar-refractivity contribution is 6.36. The number of rotatable bonds is 2. The Morgan fingerprint density at radius 2 is 1.59 bits per heavy atom. The van der Waals surface area contributed by atoms with Crippen LogP contribution in [-0.2, 0) is 0 Å². The van der Waals surface area contributed by atoms with Crippen molar-refractivity contribution in [1.29, 1.82) is 0 Å². The zero-order valence-electron chi connectivity index (χ0n) is 8.65. The Kier molecular flexibility index (Phi) is 3.36. The second-order valence-corrected chi connectivity index (χ2v) is 4.29. The maximum Gasteiger partial charge on any atom is 0.335 e. The first-order valence-electron chi connectivity index (χ1n) is 4.87. The molecule has 0 heterocycles. The quantitative estimate of drug-likeness (QED) is 0.877.